The molecule has 238 valence electrons. The molecule has 1 aromatic carbocycles. The summed E-state index contributed by atoms with van der Waals surface area (Å²) in [6, 6.07) is 4.25. The third-order valence-electron chi connectivity index (χ3n) is 7.29. The maximum absolute atomic E-state index is 13.4. The van der Waals surface area contributed by atoms with Crippen molar-refractivity contribution in [3.63, 3.8) is 0 Å². The maximum atomic E-state index is 13.4. The molecular formula is C28H37F3N4O7S. The zero-order valence-electron chi connectivity index (χ0n) is 24.3. The average molecular weight is 631 g/mol. The summed E-state index contributed by atoms with van der Waals surface area (Å²) in [6.07, 6.45) is -3.30. The molecule has 1 saturated heterocycles. The highest BCUT2D eigenvalue weighted by atomic mass is 32.2. The van der Waals surface area contributed by atoms with Crippen LogP contribution >= 0.6 is 0 Å². The number of hydrogen-bond acceptors (Lipinski definition) is 9. The first-order valence-corrected chi connectivity index (χ1v) is 15.6. The number of hydrogen-bond donors (Lipinski definition) is 0. The minimum Gasteiger partial charge on any atom is -0.382 e. The first kappa shape index (κ1) is 34.6. The Morgan fingerprint density at radius 2 is 1.60 bits per heavy atom. The van der Waals surface area contributed by atoms with Gasteiger partial charge in [0.15, 0.2) is 0 Å². The largest absolute Gasteiger partial charge is 0.417 e. The van der Waals surface area contributed by atoms with Gasteiger partial charge in [0.1, 0.15) is 0 Å². The number of alkyl halides is 3. The number of carbonyl (C=O) groups is 2. The van der Waals surface area contributed by atoms with E-state index in [0.29, 0.717) is 78.1 Å². The van der Waals surface area contributed by atoms with Gasteiger partial charge in [0.05, 0.1) is 61.7 Å². The molecule has 11 nitrogen and oxygen atoms in total. The van der Waals surface area contributed by atoms with E-state index in [-0.39, 0.29) is 35.6 Å². The predicted octanol–water partition coefficient (Wildman–Crippen LogP) is 2.56. The van der Waals surface area contributed by atoms with Gasteiger partial charge in [0.2, 0.25) is 10.0 Å². The van der Waals surface area contributed by atoms with Crippen molar-refractivity contribution in [2.75, 3.05) is 83.5 Å². The Kier molecular flexibility index (Phi) is 12.7. The van der Waals surface area contributed by atoms with Crippen molar-refractivity contribution < 1.29 is 45.4 Å². The summed E-state index contributed by atoms with van der Waals surface area (Å²) in [5.41, 5.74) is -1.60. The van der Waals surface area contributed by atoms with Crippen LogP contribution in [0.2, 0.25) is 0 Å². The third kappa shape index (κ3) is 9.31. The molecule has 0 unspecified atom stereocenters. The zero-order valence-corrected chi connectivity index (χ0v) is 25.1. The predicted molar refractivity (Wildman–Crippen MR) is 151 cm³/mol. The van der Waals surface area contributed by atoms with Crippen LogP contribution in [0.25, 0.3) is 0 Å². The van der Waals surface area contributed by atoms with E-state index >= 15 is 0 Å². The van der Waals surface area contributed by atoms with Crippen LogP contribution in [0, 0.1) is 11.3 Å². The first-order chi connectivity index (χ1) is 20.4. The van der Waals surface area contributed by atoms with Gasteiger partial charge in [-0.15, -0.1) is 0 Å². The molecule has 0 saturated carbocycles. The standard InChI is InChI=1S/C28H37F3N4O7S/c1-21-24(27(37)35(26(21)36)23-7-6-22(20-32)25(19-23)28(29,30)31)5-3-4-8-33-9-11-34(12-10-33)43(38,39)18-17-42-16-15-41-14-13-40-2/h6-7,19H,3-5,8-18H2,1-2H3. The number of carbonyl (C=O) groups excluding carboxylic acids is 2. The van der Waals surface area contributed by atoms with E-state index in [1.165, 1.54) is 17.3 Å². The summed E-state index contributed by atoms with van der Waals surface area (Å²) in [5.74, 6) is -1.46. The molecular weight excluding hydrogens is 593 g/mol. The molecule has 2 heterocycles. The first-order valence-electron chi connectivity index (χ1n) is 13.9. The third-order valence-corrected chi connectivity index (χ3v) is 9.12. The van der Waals surface area contributed by atoms with Crippen LogP contribution in [0.4, 0.5) is 18.9 Å². The number of imide groups is 1. The SMILES string of the molecule is COCCOCCOCCS(=O)(=O)N1CCN(CCCCC2=C(C)C(=O)N(c3ccc(C#N)c(C(F)(F)F)c3)C2=O)CC1. The molecule has 2 aliphatic rings. The number of benzene rings is 1. The second kappa shape index (κ2) is 15.7. The lowest BCUT2D eigenvalue weighted by Gasteiger charge is -2.34. The summed E-state index contributed by atoms with van der Waals surface area (Å²) in [6.45, 7) is 5.66. The van der Waals surface area contributed by atoms with Crippen LogP contribution in [0.5, 0.6) is 0 Å². The van der Waals surface area contributed by atoms with Crippen LogP contribution in [0.1, 0.15) is 37.3 Å². The molecule has 0 radical (unpaired) electrons. The van der Waals surface area contributed by atoms with Crippen molar-refractivity contribution in [1.82, 2.24) is 9.21 Å². The number of rotatable bonds is 16. The van der Waals surface area contributed by atoms with E-state index in [9.17, 15) is 31.2 Å². The zero-order chi connectivity index (χ0) is 31.6. The van der Waals surface area contributed by atoms with E-state index in [1.54, 1.807) is 7.11 Å². The van der Waals surface area contributed by atoms with Gasteiger partial charge in [-0.1, -0.05) is 0 Å². The van der Waals surface area contributed by atoms with E-state index in [0.717, 1.165) is 17.0 Å². The van der Waals surface area contributed by atoms with Gasteiger partial charge in [0.25, 0.3) is 11.8 Å². The van der Waals surface area contributed by atoms with Gasteiger partial charge >= 0.3 is 6.18 Å². The molecule has 0 N–H and O–H groups in total. The minimum absolute atomic E-state index is 0.0821. The summed E-state index contributed by atoms with van der Waals surface area (Å²) < 4.78 is 82.4. The monoisotopic (exact) mass is 630 g/mol. The minimum atomic E-state index is -4.82. The normalized spacial score (nSPS) is 17.3. The number of ether oxygens (including phenoxy) is 3. The summed E-state index contributed by atoms with van der Waals surface area (Å²) in [4.78, 5) is 28.7. The lowest BCUT2D eigenvalue weighted by Crippen LogP contribution is -2.49. The molecule has 3 rings (SSSR count). The molecule has 1 aromatic rings. The summed E-state index contributed by atoms with van der Waals surface area (Å²) in [5, 5.41) is 9.01. The number of anilines is 1. The quantitative estimate of drug-likeness (QED) is 0.200. The van der Waals surface area contributed by atoms with E-state index in [2.05, 4.69) is 4.90 Å². The molecule has 2 aliphatic heterocycles. The number of unbranched alkanes of at least 4 members (excludes halogenated alkanes) is 1. The molecule has 2 amide bonds. The number of nitriles is 1. The Labute approximate surface area is 249 Å². The molecule has 0 aliphatic carbocycles. The topological polar surface area (TPSA) is 129 Å². The van der Waals surface area contributed by atoms with Crippen molar-refractivity contribution in [1.29, 1.82) is 5.26 Å². The van der Waals surface area contributed by atoms with Crippen LogP contribution in [0.3, 0.4) is 0 Å². The number of amides is 2. The number of methoxy groups -OCH3 is 1. The van der Waals surface area contributed by atoms with Crippen LogP contribution in [0.15, 0.2) is 29.3 Å². The molecule has 0 aromatic heterocycles. The van der Waals surface area contributed by atoms with Crippen LogP contribution in [-0.2, 0) is 40.0 Å². The smallest absolute Gasteiger partial charge is 0.382 e. The molecule has 0 bridgehead atoms. The Bertz CT molecular complexity index is 1320. The van der Waals surface area contributed by atoms with Gasteiger partial charge < -0.3 is 19.1 Å². The second-order valence-corrected chi connectivity index (χ2v) is 12.2. The van der Waals surface area contributed by atoms with E-state index in [4.69, 9.17) is 19.5 Å². The number of halogens is 3. The second-order valence-electron chi connectivity index (χ2n) is 10.1. The number of sulfonamides is 1. The maximum Gasteiger partial charge on any atom is 0.417 e. The fraction of sp³-hybridized carbons (Fsp3) is 0.607. The van der Waals surface area contributed by atoms with Crippen molar-refractivity contribution in [2.45, 2.75) is 32.4 Å². The highest BCUT2D eigenvalue weighted by Crippen LogP contribution is 2.36. The molecule has 0 spiro atoms. The number of nitrogens with zero attached hydrogens (tertiary/aromatic N) is 4. The lowest BCUT2D eigenvalue weighted by atomic mass is 10.0. The van der Waals surface area contributed by atoms with Crippen molar-refractivity contribution in [3.05, 3.63) is 40.5 Å². The van der Waals surface area contributed by atoms with Gasteiger partial charge in [0, 0.05) is 44.4 Å². The van der Waals surface area contributed by atoms with Crippen molar-refractivity contribution in [3.8, 4) is 6.07 Å². The highest BCUT2D eigenvalue weighted by Gasteiger charge is 2.39. The van der Waals surface area contributed by atoms with Gasteiger partial charge in [-0.3, -0.25) is 9.59 Å². The Morgan fingerprint density at radius 3 is 2.23 bits per heavy atom. The molecule has 15 heteroatoms. The van der Waals surface area contributed by atoms with E-state index < -0.39 is 39.1 Å². The number of piperazine rings is 1. The van der Waals surface area contributed by atoms with Gasteiger partial charge in [-0.25, -0.2) is 13.3 Å². The van der Waals surface area contributed by atoms with Gasteiger partial charge in [-0.2, -0.15) is 22.7 Å². The van der Waals surface area contributed by atoms with E-state index in [1.807, 2.05) is 0 Å². The molecule has 0 atom stereocenters. The molecule has 1 fully saturated rings. The Morgan fingerprint density at radius 1 is 0.953 bits per heavy atom. The average Bonchev–Trinajstić information content (AvgIpc) is 3.18. The van der Waals surface area contributed by atoms with Crippen LogP contribution < -0.4 is 4.90 Å². The Balaban J connectivity index is 1.41. The summed E-state index contributed by atoms with van der Waals surface area (Å²) in [7, 11) is -1.87. The molecule has 43 heavy (non-hydrogen) atoms. The van der Waals surface area contributed by atoms with Crippen molar-refractivity contribution in [2.24, 2.45) is 0 Å². The Hall–Kier alpha value is -2.87. The van der Waals surface area contributed by atoms with Crippen molar-refractivity contribution >= 4 is 27.5 Å². The fourth-order valence-corrected chi connectivity index (χ4v) is 6.15. The lowest BCUT2D eigenvalue weighted by molar-refractivity contribution is -0.138. The van der Waals surface area contributed by atoms with Crippen LogP contribution in [-0.4, -0.2) is 108 Å². The van der Waals surface area contributed by atoms with Gasteiger partial charge in [-0.05, 0) is 50.9 Å². The highest BCUT2D eigenvalue weighted by molar-refractivity contribution is 7.89. The summed E-state index contributed by atoms with van der Waals surface area (Å²) >= 11 is 0. The fourth-order valence-electron chi connectivity index (χ4n) is 4.84.